The van der Waals surface area contributed by atoms with E-state index >= 15 is 0 Å². The fraction of sp³-hybridized carbons (Fsp3) is 0.185. The van der Waals surface area contributed by atoms with Crippen LogP contribution in [0.1, 0.15) is 35.2 Å². The number of esters is 1. The maximum Gasteiger partial charge on any atom is 0.306 e. The first-order chi connectivity index (χ1) is 17.8. The quantitative estimate of drug-likeness (QED) is 0.154. The summed E-state index contributed by atoms with van der Waals surface area (Å²) < 4.78 is 5.07. The van der Waals surface area contributed by atoms with Crippen LogP contribution in [-0.2, 0) is 14.3 Å². The maximum absolute atomic E-state index is 13.7. The van der Waals surface area contributed by atoms with Crippen LogP contribution in [0.4, 0.5) is 5.69 Å². The number of para-hydroxylation sites is 2. The number of primary amides is 1. The number of nitro benzene ring substituents is 1. The first-order valence-corrected chi connectivity index (χ1v) is 11.6. The second-order valence-corrected chi connectivity index (χ2v) is 8.34. The molecule has 0 aliphatic heterocycles. The Morgan fingerprint density at radius 1 is 0.973 bits per heavy atom. The van der Waals surface area contributed by atoms with Crippen LogP contribution in [0.15, 0.2) is 72.8 Å². The second kappa shape index (κ2) is 10.8. The summed E-state index contributed by atoms with van der Waals surface area (Å²) >= 11 is 0. The molecule has 0 aliphatic rings. The number of rotatable bonds is 9. The van der Waals surface area contributed by atoms with Crippen molar-refractivity contribution in [2.75, 3.05) is 6.61 Å². The lowest BCUT2D eigenvalue weighted by atomic mass is 9.87. The van der Waals surface area contributed by atoms with Gasteiger partial charge in [-0.05, 0) is 24.6 Å². The molecule has 10 heteroatoms. The fourth-order valence-corrected chi connectivity index (χ4v) is 4.34. The molecule has 0 spiro atoms. The number of carbonyl (C=O) groups excluding carboxylic acids is 3. The fourth-order valence-electron chi connectivity index (χ4n) is 4.34. The number of nitrogens with two attached hydrogens (primary N) is 1. The SMILES string of the molecule is CCOC(=O)C[C@H](c1ccc([N+](=O)[O-])cc1)[C@H](NC(=O)c1c2ccccc2nc2ccccc12)C(N)=O. The molecule has 0 fully saturated rings. The van der Waals surface area contributed by atoms with Gasteiger partial charge in [-0.3, -0.25) is 24.5 Å². The largest absolute Gasteiger partial charge is 0.466 e. The Hall–Kier alpha value is -4.86. The van der Waals surface area contributed by atoms with Crippen molar-refractivity contribution in [3.8, 4) is 0 Å². The van der Waals surface area contributed by atoms with Gasteiger partial charge in [0.2, 0.25) is 5.91 Å². The molecule has 4 aromatic rings. The van der Waals surface area contributed by atoms with Gasteiger partial charge < -0.3 is 15.8 Å². The molecule has 0 bridgehead atoms. The Morgan fingerprint density at radius 2 is 1.54 bits per heavy atom. The number of benzene rings is 3. The maximum atomic E-state index is 13.7. The monoisotopic (exact) mass is 500 g/mol. The zero-order valence-electron chi connectivity index (χ0n) is 19.9. The summed E-state index contributed by atoms with van der Waals surface area (Å²) in [5, 5.41) is 15.0. The third kappa shape index (κ3) is 5.37. The van der Waals surface area contributed by atoms with Gasteiger partial charge in [0.1, 0.15) is 6.04 Å². The van der Waals surface area contributed by atoms with Crippen molar-refractivity contribution in [2.45, 2.75) is 25.3 Å². The molecule has 0 saturated heterocycles. The predicted molar refractivity (Wildman–Crippen MR) is 137 cm³/mol. The minimum Gasteiger partial charge on any atom is -0.466 e. The van der Waals surface area contributed by atoms with Crippen LogP contribution in [0, 0.1) is 10.1 Å². The van der Waals surface area contributed by atoms with E-state index in [1.165, 1.54) is 24.3 Å². The highest BCUT2D eigenvalue weighted by Crippen LogP contribution is 2.29. The van der Waals surface area contributed by atoms with Crippen LogP contribution >= 0.6 is 0 Å². The predicted octanol–water partition coefficient (Wildman–Crippen LogP) is 3.62. The first kappa shape index (κ1) is 25.2. The molecule has 2 amide bonds. The first-order valence-electron chi connectivity index (χ1n) is 11.6. The number of fused-ring (bicyclic) bond motifs is 2. The summed E-state index contributed by atoms with van der Waals surface area (Å²) in [6.07, 6.45) is -0.280. The van der Waals surface area contributed by atoms with Crippen LogP contribution in [0.3, 0.4) is 0 Å². The average molecular weight is 501 g/mol. The zero-order valence-corrected chi connectivity index (χ0v) is 19.9. The van der Waals surface area contributed by atoms with Gasteiger partial charge in [0.15, 0.2) is 0 Å². The normalized spacial score (nSPS) is 12.6. The molecule has 0 aliphatic carbocycles. The minimum absolute atomic E-state index is 0.119. The highest BCUT2D eigenvalue weighted by molar-refractivity contribution is 6.16. The zero-order chi connectivity index (χ0) is 26.5. The molecule has 1 aromatic heterocycles. The number of carbonyl (C=O) groups is 3. The molecule has 1 heterocycles. The molecule has 0 unspecified atom stereocenters. The van der Waals surface area contributed by atoms with Gasteiger partial charge in [-0.1, -0.05) is 48.5 Å². The Kier molecular flexibility index (Phi) is 7.38. The van der Waals surface area contributed by atoms with E-state index < -0.39 is 34.7 Å². The van der Waals surface area contributed by atoms with Crippen molar-refractivity contribution >= 4 is 45.3 Å². The summed E-state index contributed by atoms with van der Waals surface area (Å²) in [5.41, 5.74) is 7.48. The number of nitrogens with one attached hydrogen (secondary N) is 1. The third-order valence-electron chi connectivity index (χ3n) is 6.03. The van der Waals surface area contributed by atoms with E-state index in [2.05, 4.69) is 10.3 Å². The summed E-state index contributed by atoms with van der Waals surface area (Å²) in [5.74, 6) is -2.98. The van der Waals surface area contributed by atoms with E-state index in [0.717, 1.165) is 0 Å². The Labute approximate surface area is 211 Å². The highest BCUT2D eigenvalue weighted by Gasteiger charge is 2.33. The lowest BCUT2D eigenvalue weighted by Gasteiger charge is -2.26. The van der Waals surface area contributed by atoms with Gasteiger partial charge in [0, 0.05) is 28.8 Å². The van der Waals surface area contributed by atoms with Crippen LogP contribution in [0.5, 0.6) is 0 Å². The number of hydrogen-bond acceptors (Lipinski definition) is 7. The molecule has 10 nitrogen and oxygen atoms in total. The lowest BCUT2D eigenvalue weighted by Crippen LogP contribution is -2.49. The lowest BCUT2D eigenvalue weighted by molar-refractivity contribution is -0.384. The number of hydrogen-bond donors (Lipinski definition) is 2. The molecule has 4 rings (SSSR count). The average Bonchev–Trinajstić information content (AvgIpc) is 2.89. The number of amides is 2. The third-order valence-corrected chi connectivity index (χ3v) is 6.03. The molecular weight excluding hydrogens is 476 g/mol. The molecule has 3 aromatic carbocycles. The van der Waals surface area contributed by atoms with E-state index in [1.54, 1.807) is 43.3 Å². The van der Waals surface area contributed by atoms with Gasteiger partial charge >= 0.3 is 5.97 Å². The van der Waals surface area contributed by atoms with Gasteiger partial charge in [0.05, 0.1) is 34.5 Å². The number of ether oxygens (including phenoxy) is 1. The van der Waals surface area contributed by atoms with Crippen LogP contribution in [0.25, 0.3) is 21.8 Å². The standard InChI is InChI=1S/C27H24N4O6/c1-2-37-23(32)15-20(16-11-13-17(14-12-16)31(35)36)25(26(28)33)30-27(34)24-18-7-3-5-9-21(18)29-22-10-6-4-8-19(22)24/h3-14,20,25H,2,15H2,1H3,(H2,28,33)(H,30,34)/t20-,25+/m1/s1. The van der Waals surface area contributed by atoms with Crippen LogP contribution in [-0.4, -0.2) is 40.3 Å². The molecule has 2 atom stereocenters. The molecule has 0 saturated carbocycles. The highest BCUT2D eigenvalue weighted by atomic mass is 16.6. The topological polar surface area (TPSA) is 155 Å². The van der Waals surface area contributed by atoms with Gasteiger partial charge in [-0.25, -0.2) is 4.98 Å². The molecule has 0 radical (unpaired) electrons. The van der Waals surface area contributed by atoms with Crippen molar-refractivity contribution in [1.82, 2.24) is 10.3 Å². The van der Waals surface area contributed by atoms with E-state index in [1.807, 2.05) is 12.1 Å². The second-order valence-electron chi connectivity index (χ2n) is 8.34. The van der Waals surface area contributed by atoms with E-state index in [-0.39, 0.29) is 18.7 Å². The summed E-state index contributed by atoms with van der Waals surface area (Å²) in [7, 11) is 0. The van der Waals surface area contributed by atoms with Crippen molar-refractivity contribution in [1.29, 1.82) is 0 Å². The minimum atomic E-state index is -1.32. The molecule has 37 heavy (non-hydrogen) atoms. The smallest absolute Gasteiger partial charge is 0.306 e. The summed E-state index contributed by atoms with van der Waals surface area (Å²) in [6, 6.07) is 18.3. The van der Waals surface area contributed by atoms with Gasteiger partial charge in [-0.15, -0.1) is 0 Å². The van der Waals surface area contributed by atoms with Crippen molar-refractivity contribution in [3.63, 3.8) is 0 Å². The van der Waals surface area contributed by atoms with Crippen molar-refractivity contribution in [3.05, 3.63) is 94.0 Å². The van der Waals surface area contributed by atoms with Crippen LogP contribution in [0.2, 0.25) is 0 Å². The Bertz CT molecular complexity index is 1450. The molecular formula is C27H24N4O6. The van der Waals surface area contributed by atoms with Crippen molar-refractivity contribution in [2.24, 2.45) is 5.73 Å². The van der Waals surface area contributed by atoms with Crippen LogP contribution < -0.4 is 11.1 Å². The molecule has 3 N–H and O–H groups in total. The van der Waals surface area contributed by atoms with Crippen molar-refractivity contribution < 1.29 is 24.0 Å². The van der Waals surface area contributed by atoms with E-state index in [0.29, 0.717) is 32.9 Å². The molecule has 188 valence electrons. The van der Waals surface area contributed by atoms with Gasteiger partial charge in [-0.2, -0.15) is 0 Å². The number of nitrogens with zero attached hydrogens (tertiary/aromatic N) is 2. The number of pyridine rings is 1. The van der Waals surface area contributed by atoms with E-state index in [9.17, 15) is 24.5 Å². The Morgan fingerprint density at radius 3 is 2.05 bits per heavy atom. The summed E-state index contributed by atoms with van der Waals surface area (Å²) in [6.45, 7) is 1.76. The number of non-ortho nitro benzene ring substituents is 1. The summed E-state index contributed by atoms with van der Waals surface area (Å²) in [4.78, 5) is 54.0. The number of aromatic nitrogens is 1. The Balaban J connectivity index is 1.78. The van der Waals surface area contributed by atoms with Gasteiger partial charge in [0.25, 0.3) is 11.6 Å². The number of nitro groups is 1. The van der Waals surface area contributed by atoms with E-state index in [4.69, 9.17) is 10.5 Å².